The number of aromatic nitrogens is 1. The topological polar surface area (TPSA) is 42.0 Å². The fraction of sp³-hybridized carbons (Fsp3) is 0.238. The van der Waals surface area contributed by atoms with Crippen LogP contribution in [0.5, 0.6) is 0 Å². The van der Waals surface area contributed by atoms with Gasteiger partial charge in [0, 0.05) is 23.1 Å². The molecule has 1 amide bonds. The first-order valence-corrected chi connectivity index (χ1v) is 8.43. The van der Waals surface area contributed by atoms with Crippen LogP contribution in [0, 0.1) is 6.92 Å². The van der Waals surface area contributed by atoms with Crippen LogP contribution in [-0.2, 0) is 4.79 Å². The summed E-state index contributed by atoms with van der Waals surface area (Å²) in [6.45, 7) is 4.17. The molecule has 3 aromatic rings. The molecule has 0 aliphatic heterocycles. The lowest BCUT2D eigenvalue weighted by molar-refractivity contribution is -0.116. The predicted molar refractivity (Wildman–Crippen MR) is 100 cm³/mol. The van der Waals surface area contributed by atoms with E-state index in [-0.39, 0.29) is 5.91 Å². The standard InChI is InChI=1S/C21H22N2O/c1-3-4-5-21(24)22-18-10-7-16(8-11-18)19-13-9-17-14-15(2)6-12-20(17)23-19/h6-14H,3-5H2,1-2H3,(H,22,24). The second-order valence-corrected chi connectivity index (χ2v) is 6.12. The summed E-state index contributed by atoms with van der Waals surface area (Å²) in [4.78, 5) is 16.5. The summed E-state index contributed by atoms with van der Waals surface area (Å²) >= 11 is 0. The fourth-order valence-electron chi connectivity index (χ4n) is 2.69. The highest BCUT2D eigenvalue weighted by molar-refractivity contribution is 5.91. The van der Waals surface area contributed by atoms with Gasteiger partial charge < -0.3 is 5.32 Å². The monoisotopic (exact) mass is 318 g/mol. The Balaban J connectivity index is 1.78. The molecule has 2 aromatic carbocycles. The first kappa shape index (κ1) is 16.2. The Hall–Kier alpha value is -2.68. The molecule has 0 fully saturated rings. The second-order valence-electron chi connectivity index (χ2n) is 6.12. The number of unbranched alkanes of at least 4 members (excludes halogenated alkanes) is 1. The van der Waals surface area contributed by atoms with Gasteiger partial charge >= 0.3 is 0 Å². The molecule has 0 bridgehead atoms. The van der Waals surface area contributed by atoms with E-state index < -0.39 is 0 Å². The molecule has 0 aliphatic rings. The van der Waals surface area contributed by atoms with E-state index in [1.54, 1.807) is 0 Å². The predicted octanol–water partition coefficient (Wildman–Crippen LogP) is 5.34. The molecule has 1 N–H and O–H groups in total. The van der Waals surface area contributed by atoms with Gasteiger partial charge in [0.15, 0.2) is 0 Å². The third-order valence-electron chi connectivity index (χ3n) is 4.07. The third kappa shape index (κ3) is 3.80. The number of carbonyl (C=O) groups is 1. The average molecular weight is 318 g/mol. The highest BCUT2D eigenvalue weighted by Crippen LogP contribution is 2.23. The summed E-state index contributed by atoms with van der Waals surface area (Å²) < 4.78 is 0. The Bertz CT molecular complexity index is 853. The van der Waals surface area contributed by atoms with E-state index in [2.05, 4.69) is 43.4 Å². The van der Waals surface area contributed by atoms with E-state index in [9.17, 15) is 4.79 Å². The van der Waals surface area contributed by atoms with Gasteiger partial charge in [0.25, 0.3) is 0 Å². The lowest BCUT2D eigenvalue weighted by Gasteiger charge is -2.07. The minimum Gasteiger partial charge on any atom is -0.326 e. The number of anilines is 1. The largest absolute Gasteiger partial charge is 0.326 e. The van der Waals surface area contributed by atoms with Gasteiger partial charge in [-0.05, 0) is 43.7 Å². The van der Waals surface area contributed by atoms with Crippen LogP contribution in [-0.4, -0.2) is 10.9 Å². The molecule has 3 nitrogen and oxygen atoms in total. The number of carbonyl (C=O) groups excluding carboxylic acids is 1. The van der Waals surface area contributed by atoms with Gasteiger partial charge in [0.1, 0.15) is 0 Å². The number of pyridine rings is 1. The van der Waals surface area contributed by atoms with Crippen molar-refractivity contribution in [1.82, 2.24) is 4.98 Å². The number of benzene rings is 2. The number of hydrogen-bond donors (Lipinski definition) is 1. The number of amides is 1. The summed E-state index contributed by atoms with van der Waals surface area (Å²) in [5, 5.41) is 4.08. The molecular formula is C21H22N2O. The average Bonchev–Trinajstić information content (AvgIpc) is 2.60. The van der Waals surface area contributed by atoms with Crippen molar-refractivity contribution in [3.63, 3.8) is 0 Å². The van der Waals surface area contributed by atoms with Crippen molar-refractivity contribution >= 4 is 22.5 Å². The van der Waals surface area contributed by atoms with Crippen molar-refractivity contribution in [2.24, 2.45) is 0 Å². The number of fused-ring (bicyclic) bond motifs is 1. The molecule has 0 saturated carbocycles. The van der Waals surface area contributed by atoms with Crippen LogP contribution in [0.2, 0.25) is 0 Å². The molecule has 0 radical (unpaired) electrons. The molecule has 3 heteroatoms. The second kappa shape index (κ2) is 7.26. The van der Waals surface area contributed by atoms with E-state index in [1.807, 2.05) is 30.3 Å². The molecule has 0 saturated heterocycles. The molecule has 3 rings (SSSR count). The van der Waals surface area contributed by atoms with Crippen molar-refractivity contribution in [2.45, 2.75) is 33.1 Å². The zero-order valence-electron chi connectivity index (χ0n) is 14.2. The Labute approximate surface area is 142 Å². The highest BCUT2D eigenvalue weighted by atomic mass is 16.1. The zero-order chi connectivity index (χ0) is 16.9. The third-order valence-corrected chi connectivity index (χ3v) is 4.07. The highest BCUT2D eigenvalue weighted by Gasteiger charge is 2.04. The number of nitrogens with one attached hydrogen (secondary N) is 1. The van der Waals surface area contributed by atoms with Crippen LogP contribution in [0.25, 0.3) is 22.2 Å². The molecular weight excluding hydrogens is 296 g/mol. The van der Waals surface area contributed by atoms with Gasteiger partial charge in [-0.1, -0.05) is 43.2 Å². The van der Waals surface area contributed by atoms with Gasteiger partial charge in [-0.2, -0.15) is 0 Å². The SMILES string of the molecule is CCCCC(=O)Nc1ccc(-c2ccc3cc(C)ccc3n2)cc1. The Morgan fingerprint density at radius 1 is 1.04 bits per heavy atom. The minimum absolute atomic E-state index is 0.0730. The molecule has 1 aromatic heterocycles. The van der Waals surface area contributed by atoms with Gasteiger partial charge in [-0.15, -0.1) is 0 Å². The van der Waals surface area contributed by atoms with Crippen LogP contribution in [0.4, 0.5) is 5.69 Å². The molecule has 0 unspecified atom stereocenters. The maximum absolute atomic E-state index is 11.8. The molecule has 122 valence electrons. The smallest absolute Gasteiger partial charge is 0.224 e. The van der Waals surface area contributed by atoms with Gasteiger partial charge in [0.05, 0.1) is 11.2 Å². The first-order valence-electron chi connectivity index (χ1n) is 8.43. The van der Waals surface area contributed by atoms with Crippen LogP contribution in [0.1, 0.15) is 31.7 Å². The summed E-state index contributed by atoms with van der Waals surface area (Å²) in [6.07, 6.45) is 2.52. The summed E-state index contributed by atoms with van der Waals surface area (Å²) in [7, 11) is 0. The fourth-order valence-corrected chi connectivity index (χ4v) is 2.69. The Morgan fingerprint density at radius 3 is 2.58 bits per heavy atom. The summed E-state index contributed by atoms with van der Waals surface area (Å²) in [5.41, 5.74) is 5.05. The van der Waals surface area contributed by atoms with E-state index in [1.165, 1.54) is 5.56 Å². The van der Waals surface area contributed by atoms with E-state index >= 15 is 0 Å². The number of aryl methyl sites for hydroxylation is 1. The maximum atomic E-state index is 11.8. The normalized spacial score (nSPS) is 10.8. The summed E-state index contributed by atoms with van der Waals surface area (Å²) in [6, 6.07) is 18.3. The number of rotatable bonds is 5. The van der Waals surface area contributed by atoms with Crippen molar-refractivity contribution in [3.05, 3.63) is 60.2 Å². The van der Waals surface area contributed by atoms with Crippen LogP contribution >= 0.6 is 0 Å². The first-order chi connectivity index (χ1) is 11.7. The molecule has 24 heavy (non-hydrogen) atoms. The minimum atomic E-state index is 0.0730. The van der Waals surface area contributed by atoms with E-state index in [0.717, 1.165) is 40.7 Å². The van der Waals surface area contributed by atoms with E-state index in [4.69, 9.17) is 4.98 Å². The van der Waals surface area contributed by atoms with Crippen molar-refractivity contribution < 1.29 is 4.79 Å². The molecule has 0 atom stereocenters. The van der Waals surface area contributed by atoms with Crippen molar-refractivity contribution in [3.8, 4) is 11.3 Å². The molecule has 0 aliphatic carbocycles. The summed E-state index contributed by atoms with van der Waals surface area (Å²) in [5.74, 6) is 0.0730. The van der Waals surface area contributed by atoms with Gasteiger partial charge in [-0.3, -0.25) is 4.79 Å². The van der Waals surface area contributed by atoms with Crippen LogP contribution in [0.15, 0.2) is 54.6 Å². The van der Waals surface area contributed by atoms with Crippen molar-refractivity contribution in [1.29, 1.82) is 0 Å². The zero-order valence-corrected chi connectivity index (χ0v) is 14.2. The van der Waals surface area contributed by atoms with Gasteiger partial charge in [-0.25, -0.2) is 4.98 Å². The van der Waals surface area contributed by atoms with Crippen LogP contribution in [0.3, 0.4) is 0 Å². The van der Waals surface area contributed by atoms with Gasteiger partial charge in [0.2, 0.25) is 5.91 Å². The number of hydrogen-bond acceptors (Lipinski definition) is 2. The van der Waals surface area contributed by atoms with E-state index in [0.29, 0.717) is 6.42 Å². The van der Waals surface area contributed by atoms with Crippen molar-refractivity contribution in [2.75, 3.05) is 5.32 Å². The molecule has 1 heterocycles. The Morgan fingerprint density at radius 2 is 1.83 bits per heavy atom. The molecule has 0 spiro atoms. The Kier molecular flexibility index (Phi) is 4.90. The lowest BCUT2D eigenvalue weighted by atomic mass is 10.1. The quantitative estimate of drug-likeness (QED) is 0.690. The number of nitrogens with zero attached hydrogens (tertiary/aromatic N) is 1. The lowest BCUT2D eigenvalue weighted by Crippen LogP contribution is -2.10. The van der Waals surface area contributed by atoms with Crippen LogP contribution < -0.4 is 5.32 Å². The maximum Gasteiger partial charge on any atom is 0.224 e.